The third-order valence-corrected chi connectivity index (χ3v) is 3.34. The fourth-order valence-corrected chi connectivity index (χ4v) is 4.67. The summed E-state index contributed by atoms with van der Waals surface area (Å²) in [4.78, 5) is 0. The van der Waals surface area contributed by atoms with Crippen LogP contribution >= 0.6 is 22.6 Å². The van der Waals surface area contributed by atoms with E-state index in [-0.39, 0.29) is 0 Å². The molecule has 0 aromatic heterocycles. The zero-order valence-corrected chi connectivity index (χ0v) is 10.2. The van der Waals surface area contributed by atoms with Gasteiger partial charge in [-0.2, -0.15) is 0 Å². The standard InChI is InChI=1S/C10H19I/c1-8-5-9(2,3)7-10(4,11)6-8/h8H,5-7H2,1-4H3. The molecule has 66 valence electrons. The molecular formula is C10H19I. The molecule has 0 N–H and O–H groups in total. The Morgan fingerprint density at radius 2 is 1.73 bits per heavy atom. The molecule has 1 saturated carbocycles. The lowest BCUT2D eigenvalue weighted by Crippen LogP contribution is -2.35. The summed E-state index contributed by atoms with van der Waals surface area (Å²) in [6, 6.07) is 0. The van der Waals surface area contributed by atoms with Crippen LogP contribution in [0.4, 0.5) is 0 Å². The molecule has 0 aromatic rings. The second-order valence-corrected chi connectivity index (χ2v) is 7.87. The maximum atomic E-state index is 2.63. The molecule has 2 unspecified atom stereocenters. The van der Waals surface area contributed by atoms with E-state index in [1.807, 2.05) is 0 Å². The Balaban J connectivity index is 2.66. The Bertz CT molecular complexity index is 131. The first-order chi connectivity index (χ1) is 4.81. The molecule has 11 heavy (non-hydrogen) atoms. The maximum absolute atomic E-state index is 2.63. The average Bonchev–Trinajstić information content (AvgIpc) is 1.49. The maximum Gasteiger partial charge on any atom is 0.0201 e. The highest BCUT2D eigenvalue weighted by Crippen LogP contribution is 2.47. The summed E-state index contributed by atoms with van der Waals surface area (Å²) < 4.78 is 0.554. The lowest BCUT2D eigenvalue weighted by atomic mass is 9.68. The summed E-state index contributed by atoms with van der Waals surface area (Å²) in [6.45, 7) is 9.59. The summed E-state index contributed by atoms with van der Waals surface area (Å²) in [5, 5.41) is 0. The predicted molar refractivity (Wildman–Crippen MR) is 59.2 cm³/mol. The van der Waals surface area contributed by atoms with Gasteiger partial charge in [-0.3, -0.25) is 0 Å². The Morgan fingerprint density at radius 1 is 1.18 bits per heavy atom. The Labute approximate surface area is 84.3 Å². The fourth-order valence-electron chi connectivity index (χ4n) is 2.88. The molecule has 2 atom stereocenters. The topological polar surface area (TPSA) is 0 Å². The van der Waals surface area contributed by atoms with Crippen LogP contribution in [-0.4, -0.2) is 3.42 Å². The number of hydrogen-bond donors (Lipinski definition) is 0. The van der Waals surface area contributed by atoms with Crippen molar-refractivity contribution in [2.75, 3.05) is 0 Å². The molecule has 1 fully saturated rings. The van der Waals surface area contributed by atoms with Crippen molar-refractivity contribution >= 4 is 22.6 Å². The lowest BCUT2D eigenvalue weighted by Gasteiger charge is -2.42. The quantitative estimate of drug-likeness (QED) is 0.458. The SMILES string of the molecule is CC1CC(C)(C)CC(C)(I)C1. The van der Waals surface area contributed by atoms with E-state index in [1.165, 1.54) is 19.3 Å². The van der Waals surface area contributed by atoms with Crippen LogP contribution in [0.2, 0.25) is 0 Å². The van der Waals surface area contributed by atoms with Crippen LogP contribution in [-0.2, 0) is 0 Å². The molecule has 0 amide bonds. The molecule has 0 bridgehead atoms. The van der Waals surface area contributed by atoms with Crippen LogP contribution in [0.3, 0.4) is 0 Å². The summed E-state index contributed by atoms with van der Waals surface area (Å²) >= 11 is 2.63. The van der Waals surface area contributed by atoms with E-state index in [1.54, 1.807) is 0 Å². The minimum atomic E-state index is 0.554. The zero-order chi connectivity index (χ0) is 8.70. The molecule has 0 aromatic carbocycles. The smallest absolute Gasteiger partial charge is 0.0201 e. The summed E-state index contributed by atoms with van der Waals surface area (Å²) in [7, 11) is 0. The van der Waals surface area contributed by atoms with Gasteiger partial charge in [0, 0.05) is 3.42 Å². The largest absolute Gasteiger partial charge is 0.0791 e. The first-order valence-corrected chi connectivity index (χ1v) is 5.58. The molecule has 0 radical (unpaired) electrons. The van der Waals surface area contributed by atoms with Gasteiger partial charge in [0.15, 0.2) is 0 Å². The highest BCUT2D eigenvalue weighted by Gasteiger charge is 2.37. The molecule has 1 aliphatic carbocycles. The molecule has 1 heteroatoms. The Kier molecular flexibility index (Phi) is 2.58. The number of rotatable bonds is 0. The molecule has 0 aliphatic heterocycles. The molecular weight excluding hydrogens is 247 g/mol. The van der Waals surface area contributed by atoms with Crippen molar-refractivity contribution in [3.63, 3.8) is 0 Å². The Morgan fingerprint density at radius 3 is 2.09 bits per heavy atom. The van der Waals surface area contributed by atoms with Gasteiger partial charge in [-0.25, -0.2) is 0 Å². The highest BCUT2D eigenvalue weighted by molar-refractivity contribution is 14.1. The van der Waals surface area contributed by atoms with E-state index < -0.39 is 0 Å². The summed E-state index contributed by atoms with van der Waals surface area (Å²) in [5.74, 6) is 0.917. The van der Waals surface area contributed by atoms with E-state index in [9.17, 15) is 0 Å². The van der Waals surface area contributed by atoms with Crippen molar-refractivity contribution in [1.29, 1.82) is 0 Å². The van der Waals surface area contributed by atoms with Crippen molar-refractivity contribution in [2.24, 2.45) is 11.3 Å². The van der Waals surface area contributed by atoms with Gasteiger partial charge in [-0.05, 0) is 30.6 Å². The first kappa shape index (κ1) is 9.82. The second-order valence-electron chi connectivity index (χ2n) is 5.27. The van der Waals surface area contributed by atoms with Gasteiger partial charge in [-0.1, -0.05) is 50.3 Å². The molecule has 0 nitrogen and oxygen atoms in total. The van der Waals surface area contributed by atoms with E-state index in [0.717, 1.165) is 5.92 Å². The van der Waals surface area contributed by atoms with Crippen LogP contribution < -0.4 is 0 Å². The van der Waals surface area contributed by atoms with Crippen molar-refractivity contribution in [1.82, 2.24) is 0 Å². The van der Waals surface area contributed by atoms with Crippen molar-refractivity contribution in [2.45, 2.75) is 50.4 Å². The zero-order valence-electron chi connectivity index (χ0n) is 8.08. The normalized spacial score (nSPS) is 43.9. The second kappa shape index (κ2) is 2.90. The predicted octanol–water partition coefficient (Wildman–Crippen LogP) is 4.03. The molecule has 1 aliphatic rings. The average molecular weight is 266 g/mol. The van der Waals surface area contributed by atoms with Crippen LogP contribution in [0, 0.1) is 11.3 Å². The van der Waals surface area contributed by atoms with Crippen molar-refractivity contribution in [3.05, 3.63) is 0 Å². The van der Waals surface area contributed by atoms with Gasteiger partial charge in [0.05, 0.1) is 0 Å². The fraction of sp³-hybridized carbons (Fsp3) is 1.00. The number of hydrogen-bond acceptors (Lipinski definition) is 0. The van der Waals surface area contributed by atoms with Crippen molar-refractivity contribution in [3.8, 4) is 0 Å². The van der Waals surface area contributed by atoms with Crippen LogP contribution in [0.15, 0.2) is 0 Å². The van der Waals surface area contributed by atoms with Gasteiger partial charge >= 0.3 is 0 Å². The van der Waals surface area contributed by atoms with E-state index in [0.29, 0.717) is 8.84 Å². The monoisotopic (exact) mass is 266 g/mol. The molecule has 0 saturated heterocycles. The van der Waals surface area contributed by atoms with Crippen LogP contribution in [0.5, 0.6) is 0 Å². The third-order valence-electron chi connectivity index (χ3n) is 2.52. The van der Waals surface area contributed by atoms with Gasteiger partial charge in [0.2, 0.25) is 0 Å². The van der Waals surface area contributed by atoms with E-state index in [2.05, 4.69) is 50.3 Å². The molecule has 0 spiro atoms. The van der Waals surface area contributed by atoms with Crippen LogP contribution in [0.1, 0.15) is 47.0 Å². The first-order valence-electron chi connectivity index (χ1n) is 4.50. The summed E-state index contributed by atoms with van der Waals surface area (Å²) in [6.07, 6.45) is 4.19. The number of alkyl halides is 1. The van der Waals surface area contributed by atoms with Gasteiger partial charge in [0.1, 0.15) is 0 Å². The lowest BCUT2D eigenvalue weighted by molar-refractivity contribution is 0.168. The van der Waals surface area contributed by atoms with E-state index >= 15 is 0 Å². The third kappa shape index (κ3) is 2.92. The highest BCUT2D eigenvalue weighted by atomic mass is 127. The van der Waals surface area contributed by atoms with Crippen LogP contribution in [0.25, 0.3) is 0 Å². The van der Waals surface area contributed by atoms with Crippen molar-refractivity contribution < 1.29 is 0 Å². The number of halogens is 1. The molecule has 0 heterocycles. The van der Waals surface area contributed by atoms with Gasteiger partial charge in [0.25, 0.3) is 0 Å². The summed E-state index contributed by atoms with van der Waals surface area (Å²) in [5.41, 5.74) is 0.577. The van der Waals surface area contributed by atoms with E-state index in [4.69, 9.17) is 0 Å². The Hall–Kier alpha value is 0.730. The van der Waals surface area contributed by atoms with Gasteiger partial charge < -0.3 is 0 Å². The molecule has 1 rings (SSSR count). The van der Waals surface area contributed by atoms with Gasteiger partial charge in [-0.15, -0.1) is 0 Å². The minimum absolute atomic E-state index is 0.554. The minimum Gasteiger partial charge on any atom is -0.0791 e.